The molecule has 1 atom stereocenters. The molecule has 0 radical (unpaired) electrons. The fourth-order valence-corrected chi connectivity index (χ4v) is 1.34. The van der Waals surface area contributed by atoms with Gasteiger partial charge in [-0.3, -0.25) is 0 Å². The van der Waals surface area contributed by atoms with Crippen molar-refractivity contribution in [2.24, 2.45) is 0 Å². The van der Waals surface area contributed by atoms with E-state index in [1.165, 1.54) is 0 Å². The lowest BCUT2D eigenvalue weighted by atomic mass is 10.2. The summed E-state index contributed by atoms with van der Waals surface area (Å²) in [6, 6.07) is 7.88. The highest BCUT2D eigenvalue weighted by Crippen LogP contribution is 2.11. The largest absolute Gasteiger partial charge is 0.390 e. The molecule has 0 saturated carbocycles. The van der Waals surface area contributed by atoms with Gasteiger partial charge in [-0.2, -0.15) is 0 Å². The molecule has 2 N–H and O–H groups in total. The number of aliphatic hydroxyl groups is 1. The topological polar surface area (TPSA) is 41.5 Å². The molecule has 0 heterocycles. The Labute approximate surface area is 95.0 Å². The number of rotatable bonds is 6. The van der Waals surface area contributed by atoms with Gasteiger partial charge in [-0.25, -0.2) is 0 Å². The fourth-order valence-electron chi connectivity index (χ4n) is 1.23. The molecule has 0 aliphatic heterocycles. The van der Waals surface area contributed by atoms with Gasteiger partial charge in [0.2, 0.25) is 0 Å². The van der Waals surface area contributed by atoms with Crippen molar-refractivity contribution in [1.29, 1.82) is 0 Å². The lowest BCUT2D eigenvalue weighted by molar-refractivity contribution is 0.185. The standard InChI is InChI=1S/C11H16ClNO2/c1-15-8-9-3-2-4-10(5-9)13-7-11(14)6-12/h2-5,11,13-14H,6-8H2,1H3. The molecular formula is C11H16ClNO2. The van der Waals surface area contributed by atoms with E-state index in [2.05, 4.69) is 5.32 Å². The molecule has 15 heavy (non-hydrogen) atoms. The first-order chi connectivity index (χ1) is 7.26. The highest BCUT2D eigenvalue weighted by molar-refractivity contribution is 6.18. The Balaban J connectivity index is 2.50. The zero-order valence-corrected chi connectivity index (χ0v) is 9.50. The monoisotopic (exact) mass is 229 g/mol. The molecule has 0 aliphatic carbocycles. The van der Waals surface area contributed by atoms with Crippen molar-refractivity contribution in [3.8, 4) is 0 Å². The number of ether oxygens (including phenoxy) is 1. The summed E-state index contributed by atoms with van der Waals surface area (Å²) in [4.78, 5) is 0. The minimum absolute atomic E-state index is 0.241. The predicted molar refractivity (Wildman–Crippen MR) is 62.4 cm³/mol. The Hall–Kier alpha value is -0.770. The second-order valence-electron chi connectivity index (χ2n) is 3.32. The number of hydrogen-bond acceptors (Lipinski definition) is 3. The van der Waals surface area contributed by atoms with Crippen LogP contribution < -0.4 is 5.32 Å². The van der Waals surface area contributed by atoms with E-state index in [0.717, 1.165) is 11.3 Å². The molecule has 1 aromatic rings. The number of alkyl halides is 1. The van der Waals surface area contributed by atoms with Crippen molar-refractivity contribution in [1.82, 2.24) is 0 Å². The third-order valence-corrected chi connectivity index (χ3v) is 2.31. The summed E-state index contributed by atoms with van der Waals surface area (Å²) in [6.07, 6.45) is -0.516. The molecule has 0 bridgehead atoms. The van der Waals surface area contributed by atoms with Gasteiger partial charge < -0.3 is 15.2 Å². The van der Waals surface area contributed by atoms with Crippen molar-refractivity contribution in [2.75, 3.05) is 24.9 Å². The van der Waals surface area contributed by atoms with Crippen LogP contribution in [-0.2, 0) is 11.3 Å². The minimum Gasteiger partial charge on any atom is -0.390 e. The number of aliphatic hydroxyl groups excluding tert-OH is 1. The zero-order chi connectivity index (χ0) is 11.1. The maximum atomic E-state index is 9.27. The second kappa shape index (κ2) is 6.67. The van der Waals surface area contributed by atoms with E-state index in [4.69, 9.17) is 16.3 Å². The minimum atomic E-state index is -0.516. The summed E-state index contributed by atoms with van der Waals surface area (Å²) in [6.45, 7) is 1.05. The van der Waals surface area contributed by atoms with Crippen LogP contribution in [0, 0.1) is 0 Å². The van der Waals surface area contributed by atoms with Crippen molar-refractivity contribution in [3.05, 3.63) is 29.8 Å². The Morgan fingerprint density at radius 2 is 2.33 bits per heavy atom. The van der Waals surface area contributed by atoms with Gasteiger partial charge in [0.1, 0.15) is 0 Å². The van der Waals surface area contributed by atoms with E-state index < -0.39 is 6.10 Å². The second-order valence-corrected chi connectivity index (χ2v) is 3.63. The average molecular weight is 230 g/mol. The molecule has 1 rings (SSSR count). The molecule has 3 nitrogen and oxygen atoms in total. The number of halogens is 1. The van der Waals surface area contributed by atoms with Crippen LogP contribution in [-0.4, -0.2) is 30.7 Å². The fraction of sp³-hybridized carbons (Fsp3) is 0.455. The van der Waals surface area contributed by atoms with Gasteiger partial charge >= 0.3 is 0 Å². The molecule has 0 amide bonds. The Bertz CT molecular complexity index is 294. The summed E-state index contributed by atoms with van der Waals surface area (Å²) < 4.78 is 5.03. The summed E-state index contributed by atoms with van der Waals surface area (Å²) >= 11 is 5.49. The van der Waals surface area contributed by atoms with E-state index in [-0.39, 0.29) is 5.88 Å². The smallest absolute Gasteiger partial charge is 0.0847 e. The first kappa shape index (κ1) is 12.3. The molecule has 1 aromatic carbocycles. The molecule has 0 aromatic heterocycles. The first-order valence-corrected chi connectivity index (χ1v) is 5.35. The van der Waals surface area contributed by atoms with Gasteiger partial charge in [-0.05, 0) is 17.7 Å². The van der Waals surface area contributed by atoms with Crippen LogP contribution in [0.1, 0.15) is 5.56 Å². The molecule has 0 fully saturated rings. The van der Waals surface area contributed by atoms with Crippen molar-refractivity contribution < 1.29 is 9.84 Å². The van der Waals surface area contributed by atoms with Crippen molar-refractivity contribution in [2.45, 2.75) is 12.7 Å². The van der Waals surface area contributed by atoms with E-state index in [0.29, 0.717) is 13.2 Å². The van der Waals surface area contributed by atoms with Crippen LogP contribution >= 0.6 is 11.6 Å². The summed E-state index contributed by atoms with van der Waals surface area (Å²) in [7, 11) is 1.66. The third-order valence-electron chi connectivity index (χ3n) is 1.96. The quantitative estimate of drug-likeness (QED) is 0.732. The molecule has 4 heteroatoms. The first-order valence-electron chi connectivity index (χ1n) is 4.82. The normalized spacial score (nSPS) is 12.5. The van der Waals surface area contributed by atoms with Gasteiger partial charge in [0.15, 0.2) is 0 Å². The number of hydrogen-bond donors (Lipinski definition) is 2. The molecule has 84 valence electrons. The number of methoxy groups -OCH3 is 1. The lowest BCUT2D eigenvalue weighted by Gasteiger charge is -2.10. The predicted octanol–water partition coefficient (Wildman–Crippen LogP) is 1.84. The highest BCUT2D eigenvalue weighted by Gasteiger charge is 2.01. The Kier molecular flexibility index (Phi) is 5.47. The summed E-state index contributed by atoms with van der Waals surface area (Å²) in [5.74, 6) is 0.241. The molecule has 1 unspecified atom stereocenters. The number of benzene rings is 1. The van der Waals surface area contributed by atoms with Crippen LogP contribution in [0.4, 0.5) is 5.69 Å². The van der Waals surface area contributed by atoms with E-state index in [1.54, 1.807) is 7.11 Å². The van der Waals surface area contributed by atoms with Gasteiger partial charge in [0.25, 0.3) is 0 Å². The molecular weight excluding hydrogens is 214 g/mol. The van der Waals surface area contributed by atoms with Crippen LogP contribution in [0.15, 0.2) is 24.3 Å². The molecule has 0 spiro atoms. The van der Waals surface area contributed by atoms with Crippen LogP contribution in [0.2, 0.25) is 0 Å². The maximum absolute atomic E-state index is 9.27. The zero-order valence-electron chi connectivity index (χ0n) is 8.74. The molecule has 0 aliphatic rings. The molecule has 0 saturated heterocycles. The van der Waals surface area contributed by atoms with Crippen LogP contribution in [0.3, 0.4) is 0 Å². The van der Waals surface area contributed by atoms with Crippen molar-refractivity contribution >= 4 is 17.3 Å². The van der Waals surface area contributed by atoms with Gasteiger partial charge in [-0.1, -0.05) is 12.1 Å². The maximum Gasteiger partial charge on any atom is 0.0847 e. The van der Waals surface area contributed by atoms with Crippen LogP contribution in [0.25, 0.3) is 0 Å². The van der Waals surface area contributed by atoms with Gasteiger partial charge in [-0.15, -0.1) is 11.6 Å². The van der Waals surface area contributed by atoms with Crippen molar-refractivity contribution in [3.63, 3.8) is 0 Å². The van der Waals surface area contributed by atoms with E-state index in [1.807, 2.05) is 24.3 Å². The number of anilines is 1. The SMILES string of the molecule is COCc1cccc(NCC(O)CCl)c1. The highest BCUT2D eigenvalue weighted by atomic mass is 35.5. The average Bonchev–Trinajstić information content (AvgIpc) is 2.27. The van der Waals surface area contributed by atoms with E-state index in [9.17, 15) is 5.11 Å². The summed E-state index contributed by atoms with van der Waals surface area (Å²) in [5.41, 5.74) is 2.07. The number of nitrogens with one attached hydrogen (secondary N) is 1. The van der Waals surface area contributed by atoms with Gasteiger partial charge in [0, 0.05) is 19.3 Å². The van der Waals surface area contributed by atoms with Gasteiger partial charge in [0.05, 0.1) is 18.6 Å². The third kappa shape index (κ3) is 4.51. The van der Waals surface area contributed by atoms with Crippen LogP contribution in [0.5, 0.6) is 0 Å². The van der Waals surface area contributed by atoms with E-state index >= 15 is 0 Å². The Morgan fingerprint density at radius 3 is 3.00 bits per heavy atom. The lowest BCUT2D eigenvalue weighted by Crippen LogP contribution is -2.20. The Morgan fingerprint density at radius 1 is 1.53 bits per heavy atom. The summed E-state index contributed by atoms with van der Waals surface area (Å²) in [5, 5.41) is 12.4.